The molecule has 4 rings (SSSR count). The Hall–Kier alpha value is -2.41. The SMILES string of the molecule is CC(C)c1ccnc2c(Sc3ccnn4ccnc34)cnn12. The fraction of sp³-hybridized carbons (Fsp3) is 0.200. The average Bonchev–Trinajstić information content (AvgIpc) is 3.14. The molecule has 0 aliphatic heterocycles. The summed E-state index contributed by atoms with van der Waals surface area (Å²) < 4.78 is 3.68. The van der Waals surface area contributed by atoms with Gasteiger partial charge in [0.1, 0.15) is 0 Å². The monoisotopic (exact) mass is 310 g/mol. The minimum Gasteiger partial charge on any atom is -0.236 e. The normalized spacial score (nSPS) is 11.8. The van der Waals surface area contributed by atoms with Gasteiger partial charge in [0.25, 0.3) is 0 Å². The molecule has 0 bridgehead atoms. The van der Waals surface area contributed by atoms with E-state index < -0.39 is 0 Å². The Morgan fingerprint density at radius 2 is 1.82 bits per heavy atom. The van der Waals surface area contributed by atoms with Crippen LogP contribution in [0.3, 0.4) is 0 Å². The number of hydrogen-bond donors (Lipinski definition) is 0. The minimum atomic E-state index is 0.392. The van der Waals surface area contributed by atoms with Gasteiger partial charge in [-0.1, -0.05) is 25.6 Å². The molecule has 4 aromatic rings. The van der Waals surface area contributed by atoms with Gasteiger partial charge in [0.05, 0.1) is 16.0 Å². The average molecular weight is 310 g/mol. The zero-order chi connectivity index (χ0) is 15.1. The topological polar surface area (TPSA) is 60.4 Å². The third kappa shape index (κ3) is 2.05. The second-order valence-electron chi connectivity index (χ2n) is 5.26. The fourth-order valence-corrected chi connectivity index (χ4v) is 3.34. The van der Waals surface area contributed by atoms with Crippen molar-refractivity contribution in [3.05, 3.63) is 48.8 Å². The van der Waals surface area contributed by atoms with Crippen LogP contribution in [-0.2, 0) is 0 Å². The number of fused-ring (bicyclic) bond motifs is 2. The van der Waals surface area contributed by atoms with Gasteiger partial charge in [-0.05, 0) is 18.1 Å². The highest BCUT2D eigenvalue weighted by Gasteiger charge is 2.13. The van der Waals surface area contributed by atoms with Crippen molar-refractivity contribution in [2.75, 3.05) is 0 Å². The molecule has 4 aromatic heterocycles. The zero-order valence-corrected chi connectivity index (χ0v) is 13.0. The van der Waals surface area contributed by atoms with Crippen molar-refractivity contribution in [1.82, 2.24) is 29.2 Å². The molecule has 0 N–H and O–H groups in total. The van der Waals surface area contributed by atoms with Gasteiger partial charge in [-0.2, -0.15) is 10.2 Å². The van der Waals surface area contributed by atoms with Crippen LogP contribution in [0.2, 0.25) is 0 Å². The molecule has 7 heteroatoms. The molecule has 4 heterocycles. The number of nitrogens with zero attached hydrogens (tertiary/aromatic N) is 6. The van der Waals surface area contributed by atoms with E-state index in [0.29, 0.717) is 5.92 Å². The van der Waals surface area contributed by atoms with Crippen molar-refractivity contribution in [3.63, 3.8) is 0 Å². The Morgan fingerprint density at radius 3 is 2.68 bits per heavy atom. The molecule has 0 radical (unpaired) electrons. The van der Waals surface area contributed by atoms with Crippen LogP contribution < -0.4 is 0 Å². The first kappa shape index (κ1) is 13.3. The summed E-state index contributed by atoms with van der Waals surface area (Å²) in [6.07, 6.45) is 9.06. The van der Waals surface area contributed by atoms with Gasteiger partial charge in [-0.3, -0.25) is 0 Å². The van der Waals surface area contributed by atoms with Gasteiger partial charge < -0.3 is 0 Å². The van der Waals surface area contributed by atoms with Crippen LogP contribution in [0.4, 0.5) is 0 Å². The first-order chi connectivity index (χ1) is 10.7. The predicted molar refractivity (Wildman–Crippen MR) is 84.2 cm³/mol. The van der Waals surface area contributed by atoms with Gasteiger partial charge in [-0.15, -0.1) is 0 Å². The molecular formula is C15H14N6S. The standard InChI is InChI=1S/C15H14N6S/c1-10(2)11-3-5-16-15-13(9-19-21(11)15)22-12-4-6-18-20-8-7-17-14(12)20/h3-10H,1-2H3. The minimum absolute atomic E-state index is 0.392. The predicted octanol–water partition coefficient (Wildman–Crippen LogP) is 3.05. The van der Waals surface area contributed by atoms with E-state index in [1.54, 1.807) is 28.7 Å². The highest BCUT2D eigenvalue weighted by molar-refractivity contribution is 7.99. The molecule has 22 heavy (non-hydrogen) atoms. The van der Waals surface area contributed by atoms with Gasteiger partial charge in [0.15, 0.2) is 11.3 Å². The highest BCUT2D eigenvalue weighted by Crippen LogP contribution is 2.32. The van der Waals surface area contributed by atoms with Crippen LogP contribution in [0.5, 0.6) is 0 Å². The largest absolute Gasteiger partial charge is 0.236 e. The lowest BCUT2D eigenvalue weighted by Crippen LogP contribution is -2.01. The van der Waals surface area contributed by atoms with Crippen LogP contribution in [-0.4, -0.2) is 29.2 Å². The van der Waals surface area contributed by atoms with Gasteiger partial charge >= 0.3 is 0 Å². The first-order valence-corrected chi connectivity index (χ1v) is 7.84. The summed E-state index contributed by atoms with van der Waals surface area (Å²) in [6, 6.07) is 3.97. The van der Waals surface area contributed by atoms with Crippen LogP contribution in [0.25, 0.3) is 11.3 Å². The van der Waals surface area contributed by atoms with Crippen molar-refractivity contribution in [1.29, 1.82) is 0 Å². The quantitative estimate of drug-likeness (QED) is 0.582. The zero-order valence-electron chi connectivity index (χ0n) is 12.2. The Morgan fingerprint density at radius 1 is 0.955 bits per heavy atom. The van der Waals surface area contributed by atoms with Gasteiger partial charge in [-0.25, -0.2) is 19.0 Å². The summed E-state index contributed by atoms with van der Waals surface area (Å²) >= 11 is 1.61. The summed E-state index contributed by atoms with van der Waals surface area (Å²) in [5, 5.41) is 8.73. The van der Waals surface area contributed by atoms with E-state index in [4.69, 9.17) is 0 Å². The molecule has 0 fully saturated rings. The van der Waals surface area contributed by atoms with E-state index in [-0.39, 0.29) is 0 Å². The van der Waals surface area contributed by atoms with E-state index in [1.807, 2.05) is 35.2 Å². The van der Waals surface area contributed by atoms with Crippen molar-refractivity contribution < 1.29 is 0 Å². The number of imidazole rings is 1. The molecule has 0 saturated heterocycles. The van der Waals surface area contributed by atoms with Crippen LogP contribution >= 0.6 is 11.8 Å². The number of hydrogen-bond acceptors (Lipinski definition) is 5. The lowest BCUT2D eigenvalue weighted by Gasteiger charge is -2.07. The molecule has 0 aromatic carbocycles. The molecule has 6 nitrogen and oxygen atoms in total. The van der Waals surface area contributed by atoms with E-state index >= 15 is 0 Å². The maximum atomic E-state index is 4.49. The first-order valence-electron chi connectivity index (χ1n) is 7.03. The van der Waals surface area contributed by atoms with Crippen molar-refractivity contribution in [2.45, 2.75) is 29.6 Å². The van der Waals surface area contributed by atoms with Crippen molar-refractivity contribution >= 4 is 23.1 Å². The van der Waals surface area contributed by atoms with Gasteiger partial charge in [0, 0.05) is 30.5 Å². The molecular weight excluding hydrogens is 296 g/mol. The van der Waals surface area contributed by atoms with Crippen LogP contribution in [0, 0.1) is 0 Å². The maximum absolute atomic E-state index is 4.49. The molecule has 0 saturated carbocycles. The van der Waals surface area contributed by atoms with E-state index in [2.05, 4.69) is 34.0 Å². The third-order valence-electron chi connectivity index (χ3n) is 3.47. The summed E-state index contributed by atoms with van der Waals surface area (Å²) in [4.78, 5) is 10.9. The Bertz CT molecular complexity index is 955. The third-order valence-corrected chi connectivity index (χ3v) is 4.52. The Balaban J connectivity index is 1.82. The smallest absolute Gasteiger partial charge is 0.169 e. The Kier molecular flexibility index (Phi) is 3.07. The molecule has 0 amide bonds. The van der Waals surface area contributed by atoms with Gasteiger partial charge in [0.2, 0.25) is 0 Å². The van der Waals surface area contributed by atoms with E-state index in [9.17, 15) is 0 Å². The number of aromatic nitrogens is 6. The van der Waals surface area contributed by atoms with Crippen LogP contribution in [0.15, 0.2) is 52.9 Å². The summed E-state index contributed by atoms with van der Waals surface area (Å²) in [7, 11) is 0. The van der Waals surface area contributed by atoms with Crippen LogP contribution in [0.1, 0.15) is 25.5 Å². The molecule has 0 spiro atoms. The van der Waals surface area contributed by atoms with Crippen molar-refractivity contribution in [2.24, 2.45) is 0 Å². The Labute approximate surface area is 131 Å². The maximum Gasteiger partial charge on any atom is 0.169 e. The summed E-state index contributed by atoms with van der Waals surface area (Å²) in [5.74, 6) is 0.392. The second kappa shape index (κ2) is 5.10. The molecule has 0 unspecified atom stereocenters. The van der Waals surface area contributed by atoms with Crippen molar-refractivity contribution in [3.8, 4) is 0 Å². The van der Waals surface area contributed by atoms with E-state index in [1.165, 1.54) is 0 Å². The lowest BCUT2D eigenvalue weighted by molar-refractivity contribution is 0.749. The summed E-state index contributed by atoms with van der Waals surface area (Å²) in [5.41, 5.74) is 2.86. The fourth-order valence-electron chi connectivity index (χ4n) is 2.41. The highest BCUT2D eigenvalue weighted by atomic mass is 32.2. The molecule has 0 aliphatic rings. The number of rotatable bonds is 3. The second-order valence-corrected chi connectivity index (χ2v) is 6.35. The molecule has 110 valence electrons. The van der Waals surface area contributed by atoms with E-state index in [0.717, 1.165) is 26.8 Å². The molecule has 0 aliphatic carbocycles. The lowest BCUT2D eigenvalue weighted by atomic mass is 10.1. The summed E-state index contributed by atoms with van der Waals surface area (Å²) in [6.45, 7) is 4.31. The molecule has 0 atom stereocenters.